The molecule has 1 rings (SSSR count). The molecule has 1 aliphatic carbocycles. The standard InChI is InChI=1S/C21H38O4/c1-14(2)11-20(12-15(3)4,13-16(5)6)21(18(22)23,19(24)25)17-9-7-8-10-17/h14-17H,7-13H2,1-6H3,(H,22,23)(H,24,25). The summed E-state index contributed by atoms with van der Waals surface area (Å²) in [4.78, 5) is 25.3. The molecule has 0 aromatic rings. The summed E-state index contributed by atoms with van der Waals surface area (Å²) in [5.41, 5.74) is -2.39. The summed E-state index contributed by atoms with van der Waals surface area (Å²) in [5, 5.41) is 20.7. The molecule has 0 aromatic heterocycles. The van der Waals surface area contributed by atoms with E-state index in [1.54, 1.807) is 0 Å². The van der Waals surface area contributed by atoms with E-state index in [2.05, 4.69) is 41.5 Å². The molecule has 1 saturated carbocycles. The maximum absolute atomic E-state index is 12.7. The summed E-state index contributed by atoms with van der Waals surface area (Å²) in [6.45, 7) is 12.5. The number of hydrogen-bond donors (Lipinski definition) is 2. The van der Waals surface area contributed by atoms with Gasteiger partial charge < -0.3 is 10.2 Å². The predicted molar refractivity (Wildman–Crippen MR) is 100 cm³/mol. The van der Waals surface area contributed by atoms with Crippen LogP contribution in [-0.2, 0) is 9.59 Å². The summed E-state index contributed by atoms with van der Waals surface area (Å²) >= 11 is 0. The quantitative estimate of drug-likeness (QED) is 0.511. The molecule has 0 saturated heterocycles. The van der Waals surface area contributed by atoms with Crippen LogP contribution in [0.5, 0.6) is 0 Å². The summed E-state index contributed by atoms with van der Waals surface area (Å²) in [6.07, 6.45) is 5.26. The van der Waals surface area contributed by atoms with Gasteiger partial charge in [-0.1, -0.05) is 54.4 Å². The summed E-state index contributed by atoms with van der Waals surface area (Å²) in [6, 6.07) is 0. The predicted octanol–water partition coefficient (Wildman–Crippen LogP) is 5.46. The fourth-order valence-electron chi connectivity index (χ4n) is 5.76. The van der Waals surface area contributed by atoms with Gasteiger partial charge in [0.2, 0.25) is 0 Å². The fraction of sp³-hybridized carbons (Fsp3) is 0.905. The lowest BCUT2D eigenvalue weighted by Gasteiger charge is -2.51. The van der Waals surface area contributed by atoms with Gasteiger partial charge in [-0.3, -0.25) is 9.59 Å². The fourth-order valence-corrected chi connectivity index (χ4v) is 5.76. The minimum absolute atomic E-state index is 0.261. The molecule has 4 heteroatoms. The van der Waals surface area contributed by atoms with Gasteiger partial charge in [-0.2, -0.15) is 0 Å². The second-order valence-corrected chi connectivity index (χ2v) is 9.47. The van der Waals surface area contributed by atoms with Crippen LogP contribution in [0, 0.1) is 34.5 Å². The molecule has 0 radical (unpaired) electrons. The lowest BCUT2D eigenvalue weighted by Crippen LogP contribution is -2.58. The van der Waals surface area contributed by atoms with Gasteiger partial charge in [0.15, 0.2) is 5.41 Å². The van der Waals surface area contributed by atoms with Gasteiger partial charge in [0, 0.05) is 0 Å². The van der Waals surface area contributed by atoms with Crippen molar-refractivity contribution in [3.8, 4) is 0 Å². The molecule has 0 unspecified atom stereocenters. The second kappa shape index (κ2) is 8.55. The molecule has 146 valence electrons. The molecule has 25 heavy (non-hydrogen) atoms. The Hall–Kier alpha value is -1.06. The Morgan fingerprint density at radius 2 is 1.12 bits per heavy atom. The van der Waals surface area contributed by atoms with Crippen molar-refractivity contribution in [3.05, 3.63) is 0 Å². The Morgan fingerprint density at radius 3 is 1.36 bits per heavy atom. The third-order valence-corrected chi connectivity index (χ3v) is 5.88. The first-order valence-corrected chi connectivity index (χ1v) is 9.96. The molecule has 4 nitrogen and oxygen atoms in total. The molecule has 1 fully saturated rings. The minimum atomic E-state index is -1.68. The number of carbonyl (C=O) groups is 2. The number of aliphatic carboxylic acids is 2. The third-order valence-electron chi connectivity index (χ3n) is 5.88. The van der Waals surface area contributed by atoms with Crippen molar-refractivity contribution in [2.45, 2.75) is 86.5 Å². The maximum atomic E-state index is 12.7. The van der Waals surface area contributed by atoms with E-state index in [0.29, 0.717) is 32.1 Å². The molecule has 0 bridgehead atoms. The van der Waals surface area contributed by atoms with Crippen LogP contribution < -0.4 is 0 Å². The zero-order chi connectivity index (χ0) is 19.4. The molecule has 0 aliphatic heterocycles. The van der Waals surface area contributed by atoms with Crippen LogP contribution in [0.4, 0.5) is 0 Å². The van der Waals surface area contributed by atoms with Gasteiger partial charge >= 0.3 is 11.9 Å². The highest BCUT2D eigenvalue weighted by Crippen LogP contribution is 2.59. The molecule has 0 atom stereocenters. The van der Waals surface area contributed by atoms with E-state index >= 15 is 0 Å². The Balaban J connectivity index is 3.69. The van der Waals surface area contributed by atoms with Crippen molar-refractivity contribution >= 4 is 11.9 Å². The average Bonchev–Trinajstić information content (AvgIpc) is 2.89. The Kier molecular flexibility index (Phi) is 7.52. The van der Waals surface area contributed by atoms with Gasteiger partial charge in [0.1, 0.15) is 0 Å². The van der Waals surface area contributed by atoms with Gasteiger partial charge in [-0.05, 0) is 61.2 Å². The van der Waals surface area contributed by atoms with Crippen LogP contribution in [0.2, 0.25) is 0 Å². The van der Waals surface area contributed by atoms with Crippen molar-refractivity contribution in [2.24, 2.45) is 34.5 Å². The van der Waals surface area contributed by atoms with Gasteiger partial charge in [0.25, 0.3) is 0 Å². The summed E-state index contributed by atoms with van der Waals surface area (Å²) in [7, 11) is 0. The lowest BCUT2D eigenvalue weighted by atomic mass is 9.49. The van der Waals surface area contributed by atoms with Crippen LogP contribution in [0.1, 0.15) is 86.5 Å². The van der Waals surface area contributed by atoms with E-state index in [1.807, 2.05) is 0 Å². The highest BCUT2D eigenvalue weighted by molar-refractivity contribution is 6.00. The van der Waals surface area contributed by atoms with Crippen LogP contribution in [0.3, 0.4) is 0 Å². The summed E-state index contributed by atoms with van der Waals surface area (Å²) in [5.74, 6) is -1.72. The topological polar surface area (TPSA) is 74.6 Å². The Labute approximate surface area is 153 Å². The number of carboxylic acid groups (broad SMARTS) is 2. The smallest absolute Gasteiger partial charge is 0.321 e. The monoisotopic (exact) mass is 354 g/mol. The van der Waals surface area contributed by atoms with Crippen molar-refractivity contribution in [1.82, 2.24) is 0 Å². The molecule has 0 aromatic carbocycles. The first kappa shape index (κ1) is 22.0. The molecule has 1 aliphatic rings. The molecular weight excluding hydrogens is 316 g/mol. The van der Waals surface area contributed by atoms with Crippen molar-refractivity contribution in [3.63, 3.8) is 0 Å². The normalized spacial score (nSPS) is 17.0. The maximum Gasteiger partial charge on any atom is 0.321 e. The van der Waals surface area contributed by atoms with E-state index in [1.165, 1.54) is 0 Å². The largest absolute Gasteiger partial charge is 0.480 e. The highest BCUT2D eigenvalue weighted by Gasteiger charge is 2.65. The van der Waals surface area contributed by atoms with Crippen LogP contribution >= 0.6 is 0 Å². The van der Waals surface area contributed by atoms with Gasteiger partial charge in [-0.15, -0.1) is 0 Å². The van der Waals surface area contributed by atoms with Crippen molar-refractivity contribution in [1.29, 1.82) is 0 Å². The van der Waals surface area contributed by atoms with E-state index in [-0.39, 0.29) is 23.7 Å². The first-order valence-electron chi connectivity index (χ1n) is 9.96. The van der Waals surface area contributed by atoms with Crippen molar-refractivity contribution in [2.75, 3.05) is 0 Å². The lowest BCUT2D eigenvalue weighted by molar-refractivity contribution is -0.189. The molecule has 0 amide bonds. The molecule has 2 N–H and O–H groups in total. The second-order valence-electron chi connectivity index (χ2n) is 9.47. The van der Waals surface area contributed by atoms with Crippen LogP contribution in [0.15, 0.2) is 0 Å². The molecule has 0 spiro atoms. The number of hydrogen-bond acceptors (Lipinski definition) is 2. The highest BCUT2D eigenvalue weighted by atomic mass is 16.4. The third kappa shape index (κ3) is 4.38. The minimum Gasteiger partial charge on any atom is -0.480 e. The Morgan fingerprint density at radius 1 is 0.800 bits per heavy atom. The van der Waals surface area contributed by atoms with E-state index in [4.69, 9.17) is 0 Å². The van der Waals surface area contributed by atoms with Crippen LogP contribution in [-0.4, -0.2) is 22.2 Å². The zero-order valence-corrected chi connectivity index (χ0v) is 17.0. The molecule has 0 heterocycles. The van der Waals surface area contributed by atoms with Gasteiger partial charge in [-0.25, -0.2) is 0 Å². The first-order chi connectivity index (χ1) is 11.5. The Bertz CT molecular complexity index is 418. The van der Waals surface area contributed by atoms with Crippen LogP contribution in [0.25, 0.3) is 0 Å². The average molecular weight is 355 g/mol. The van der Waals surface area contributed by atoms with Gasteiger partial charge in [0.05, 0.1) is 0 Å². The zero-order valence-electron chi connectivity index (χ0n) is 17.0. The SMILES string of the molecule is CC(C)CC(CC(C)C)(CC(C)C)C(C(=O)O)(C(=O)O)C1CCCC1. The number of carboxylic acids is 2. The van der Waals surface area contributed by atoms with E-state index in [9.17, 15) is 19.8 Å². The summed E-state index contributed by atoms with van der Waals surface area (Å²) < 4.78 is 0. The van der Waals surface area contributed by atoms with E-state index < -0.39 is 22.8 Å². The molecular formula is C21H38O4. The van der Waals surface area contributed by atoms with E-state index in [0.717, 1.165) is 12.8 Å². The van der Waals surface area contributed by atoms with Crippen molar-refractivity contribution < 1.29 is 19.8 Å². The number of rotatable bonds is 10.